The van der Waals surface area contributed by atoms with Gasteiger partial charge in [0.25, 0.3) is 0 Å². The summed E-state index contributed by atoms with van der Waals surface area (Å²) in [5, 5.41) is 2.74. The summed E-state index contributed by atoms with van der Waals surface area (Å²) in [5.74, 6) is -0.442. The number of carbonyl (C=O) groups excluding carboxylic acids is 2. The van der Waals surface area contributed by atoms with Crippen LogP contribution in [0.3, 0.4) is 0 Å². The molecule has 0 unspecified atom stereocenters. The Morgan fingerprint density at radius 2 is 2.05 bits per heavy atom. The van der Waals surface area contributed by atoms with Gasteiger partial charge in [0.2, 0.25) is 11.8 Å². The third-order valence-electron chi connectivity index (χ3n) is 3.12. The second-order valence-electron chi connectivity index (χ2n) is 4.68. The van der Waals surface area contributed by atoms with Gasteiger partial charge in [-0.3, -0.25) is 9.59 Å². The summed E-state index contributed by atoms with van der Waals surface area (Å²) in [6, 6.07) is 5.53. The third kappa shape index (κ3) is 4.05. The molecule has 1 aliphatic rings. The fraction of sp³-hybridized carbons (Fsp3) is 0.429. The molecule has 2 amide bonds. The lowest BCUT2D eigenvalue weighted by Gasteiger charge is -2.26. The quantitative estimate of drug-likeness (QED) is 0.855. The van der Waals surface area contributed by atoms with Gasteiger partial charge in [-0.2, -0.15) is 0 Å². The Hall–Kier alpha value is -1.40. The average Bonchev–Trinajstić information content (AvgIpc) is 2.44. The fourth-order valence-corrected chi connectivity index (χ4v) is 2.24. The summed E-state index contributed by atoms with van der Waals surface area (Å²) in [6.45, 7) is 4.14. The van der Waals surface area contributed by atoms with Crippen LogP contribution in [0.15, 0.2) is 22.7 Å². The van der Waals surface area contributed by atoms with Crippen LogP contribution in [0.4, 0.5) is 5.69 Å². The van der Waals surface area contributed by atoms with E-state index in [2.05, 4.69) is 21.2 Å². The molecule has 1 saturated heterocycles. The highest BCUT2D eigenvalue weighted by molar-refractivity contribution is 9.10. The minimum atomic E-state index is -0.289. The number of ether oxygens (including phenoxy) is 1. The van der Waals surface area contributed by atoms with Gasteiger partial charge >= 0.3 is 0 Å². The summed E-state index contributed by atoms with van der Waals surface area (Å²) >= 11 is 3.40. The maximum Gasteiger partial charge on any atom is 0.233 e. The van der Waals surface area contributed by atoms with Crippen molar-refractivity contribution >= 4 is 33.4 Å². The van der Waals surface area contributed by atoms with Gasteiger partial charge in [0.15, 0.2) is 0 Å². The van der Waals surface area contributed by atoms with Crippen molar-refractivity contribution < 1.29 is 14.3 Å². The third-order valence-corrected chi connectivity index (χ3v) is 4.01. The van der Waals surface area contributed by atoms with Crippen molar-refractivity contribution in [1.29, 1.82) is 0 Å². The molecule has 0 bridgehead atoms. The highest BCUT2D eigenvalue weighted by Gasteiger charge is 2.19. The van der Waals surface area contributed by atoms with E-state index in [1.807, 2.05) is 19.1 Å². The predicted octanol–water partition coefficient (Wildman–Crippen LogP) is 1.94. The number of aryl methyl sites for hydroxylation is 1. The van der Waals surface area contributed by atoms with E-state index in [9.17, 15) is 9.59 Å². The topological polar surface area (TPSA) is 58.6 Å². The number of halogens is 1. The molecular weight excluding hydrogens is 324 g/mol. The molecule has 0 aliphatic carbocycles. The van der Waals surface area contributed by atoms with Crippen molar-refractivity contribution in [2.45, 2.75) is 13.3 Å². The van der Waals surface area contributed by atoms with E-state index in [1.165, 1.54) is 0 Å². The number of hydrogen-bond acceptors (Lipinski definition) is 3. The molecule has 0 aromatic heterocycles. The van der Waals surface area contributed by atoms with Crippen molar-refractivity contribution in [3.8, 4) is 0 Å². The monoisotopic (exact) mass is 340 g/mol. The molecule has 1 heterocycles. The number of rotatable bonds is 3. The molecule has 108 valence electrons. The minimum absolute atomic E-state index is 0.130. The van der Waals surface area contributed by atoms with Crippen LogP contribution in [0, 0.1) is 6.92 Å². The second kappa shape index (κ2) is 6.85. The predicted molar refractivity (Wildman–Crippen MR) is 79.5 cm³/mol. The maximum atomic E-state index is 11.9. The van der Waals surface area contributed by atoms with E-state index < -0.39 is 0 Å². The number of anilines is 1. The Bertz CT molecular complexity index is 513. The van der Waals surface area contributed by atoms with Crippen LogP contribution in [-0.4, -0.2) is 43.0 Å². The fourth-order valence-electron chi connectivity index (χ4n) is 1.99. The Labute approximate surface area is 126 Å². The SMILES string of the molecule is Cc1cc(NC(=O)CC(=O)N2CCOCC2)ccc1Br. The van der Waals surface area contributed by atoms with Crippen molar-refractivity contribution in [2.75, 3.05) is 31.6 Å². The molecule has 20 heavy (non-hydrogen) atoms. The summed E-state index contributed by atoms with van der Waals surface area (Å²) in [7, 11) is 0. The molecule has 1 aromatic rings. The zero-order chi connectivity index (χ0) is 14.5. The lowest BCUT2D eigenvalue weighted by atomic mass is 10.2. The van der Waals surface area contributed by atoms with Crippen LogP contribution in [0.1, 0.15) is 12.0 Å². The number of benzene rings is 1. The Balaban J connectivity index is 1.88. The smallest absolute Gasteiger partial charge is 0.233 e. The first-order valence-electron chi connectivity index (χ1n) is 6.48. The standard InChI is InChI=1S/C14H17BrN2O3/c1-10-8-11(2-3-12(10)15)16-13(18)9-14(19)17-4-6-20-7-5-17/h2-3,8H,4-7,9H2,1H3,(H,16,18). The van der Waals surface area contributed by atoms with Gasteiger partial charge in [-0.05, 0) is 30.7 Å². The molecule has 1 fully saturated rings. The van der Waals surface area contributed by atoms with E-state index >= 15 is 0 Å². The van der Waals surface area contributed by atoms with Gasteiger partial charge < -0.3 is 15.0 Å². The molecule has 0 saturated carbocycles. The first-order chi connectivity index (χ1) is 9.56. The van der Waals surface area contributed by atoms with Crippen LogP contribution in [-0.2, 0) is 14.3 Å². The van der Waals surface area contributed by atoms with Gasteiger partial charge in [0.05, 0.1) is 13.2 Å². The van der Waals surface area contributed by atoms with Crippen LogP contribution in [0.25, 0.3) is 0 Å². The van der Waals surface area contributed by atoms with E-state index in [0.717, 1.165) is 10.0 Å². The van der Waals surface area contributed by atoms with Gasteiger partial charge in [-0.1, -0.05) is 15.9 Å². The van der Waals surface area contributed by atoms with Crippen LogP contribution in [0.5, 0.6) is 0 Å². The minimum Gasteiger partial charge on any atom is -0.378 e. The van der Waals surface area contributed by atoms with Gasteiger partial charge in [0.1, 0.15) is 6.42 Å². The molecule has 1 aliphatic heterocycles. The Kier molecular flexibility index (Phi) is 5.14. The highest BCUT2D eigenvalue weighted by Crippen LogP contribution is 2.20. The van der Waals surface area contributed by atoms with Crippen LogP contribution in [0.2, 0.25) is 0 Å². The average molecular weight is 341 g/mol. The summed E-state index contributed by atoms with van der Waals surface area (Å²) < 4.78 is 6.16. The van der Waals surface area contributed by atoms with Gasteiger partial charge in [-0.15, -0.1) is 0 Å². The molecule has 2 rings (SSSR count). The lowest BCUT2D eigenvalue weighted by molar-refractivity contribution is -0.138. The number of nitrogens with one attached hydrogen (secondary N) is 1. The largest absolute Gasteiger partial charge is 0.378 e. The van der Waals surface area contributed by atoms with Crippen molar-refractivity contribution in [2.24, 2.45) is 0 Å². The number of amides is 2. The van der Waals surface area contributed by atoms with Crippen LogP contribution < -0.4 is 5.32 Å². The molecule has 0 radical (unpaired) electrons. The summed E-state index contributed by atoms with van der Waals surface area (Å²) in [4.78, 5) is 25.4. The molecular formula is C14H17BrN2O3. The van der Waals surface area contributed by atoms with E-state index in [0.29, 0.717) is 32.0 Å². The molecule has 5 nitrogen and oxygen atoms in total. The Morgan fingerprint density at radius 3 is 2.70 bits per heavy atom. The molecule has 1 aromatic carbocycles. The summed E-state index contributed by atoms with van der Waals surface area (Å²) in [6.07, 6.45) is -0.130. The number of nitrogens with zero attached hydrogens (tertiary/aromatic N) is 1. The van der Waals surface area contributed by atoms with E-state index in [4.69, 9.17) is 4.74 Å². The van der Waals surface area contributed by atoms with Crippen molar-refractivity contribution in [3.63, 3.8) is 0 Å². The normalized spacial score (nSPS) is 15.0. The zero-order valence-corrected chi connectivity index (χ0v) is 12.9. The highest BCUT2D eigenvalue weighted by atomic mass is 79.9. The number of carbonyl (C=O) groups is 2. The van der Waals surface area contributed by atoms with Gasteiger partial charge in [-0.25, -0.2) is 0 Å². The first-order valence-corrected chi connectivity index (χ1v) is 7.27. The summed E-state index contributed by atoms with van der Waals surface area (Å²) in [5.41, 5.74) is 1.73. The number of hydrogen-bond donors (Lipinski definition) is 1. The number of morpholine rings is 1. The van der Waals surface area contributed by atoms with Crippen molar-refractivity contribution in [3.05, 3.63) is 28.2 Å². The molecule has 1 N–H and O–H groups in total. The second-order valence-corrected chi connectivity index (χ2v) is 5.54. The maximum absolute atomic E-state index is 11.9. The van der Waals surface area contributed by atoms with Crippen LogP contribution >= 0.6 is 15.9 Å². The lowest BCUT2D eigenvalue weighted by Crippen LogP contribution is -2.41. The molecule has 0 spiro atoms. The van der Waals surface area contributed by atoms with Gasteiger partial charge in [0, 0.05) is 23.2 Å². The van der Waals surface area contributed by atoms with E-state index in [-0.39, 0.29) is 18.2 Å². The van der Waals surface area contributed by atoms with Crippen molar-refractivity contribution in [1.82, 2.24) is 4.90 Å². The first kappa shape index (κ1) is 15.0. The molecule has 6 heteroatoms. The van der Waals surface area contributed by atoms with E-state index in [1.54, 1.807) is 11.0 Å². The molecule has 0 atom stereocenters. The Morgan fingerprint density at radius 1 is 1.35 bits per heavy atom. The zero-order valence-electron chi connectivity index (χ0n) is 11.3.